The van der Waals surface area contributed by atoms with E-state index in [-0.39, 0.29) is 11.6 Å². The molecule has 0 fully saturated rings. The van der Waals surface area contributed by atoms with Crippen LogP contribution >= 0.6 is 0 Å². The van der Waals surface area contributed by atoms with Gasteiger partial charge < -0.3 is 4.42 Å². The first-order valence-electron chi connectivity index (χ1n) is 5.27. The molecule has 0 atom stereocenters. The average Bonchev–Trinajstić information content (AvgIpc) is 2.89. The molecule has 0 bridgehead atoms. The van der Waals surface area contributed by atoms with E-state index in [1.807, 2.05) is 0 Å². The second kappa shape index (κ2) is 4.54. The largest absolute Gasteiger partial charge is 0.469 e. The van der Waals surface area contributed by atoms with Crippen LogP contribution in [-0.4, -0.2) is 34.8 Å². The standard InChI is InChI=1S/C10H14N4O3S/c1-8-9(4-5-17-8)7-13(2)18(15,16)10-6-11-14(3)12-10/h4-6H,7H2,1-3H3. The average molecular weight is 270 g/mol. The van der Waals surface area contributed by atoms with Crippen molar-refractivity contribution in [3.8, 4) is 0 Å². The van der Waals surface area contributed by atoms with Gasteiger partial charge in [0.1, 0.15) is 5.76 Å². The van der Waals surface area contributed by atoms with Crippen molar-refractivity contribution in [2.75, 3.05) is 7.05 Å². The molecule has 0 spiro atoms. The lowest BCUT2D eigenvalue weighted by Gasteiger charge is -2.14. The van der Waals surface area contributed by atoms with Crippen molar-refractivity contribution in [3.63, 3.8) is 0 Å². The van der Waals surface area contributed by atoms with Crippen LogP contribution in [-0.2, 0) is 23.6 Å². The second-order valence-corrected chi connectivity index (χ2v) is 5.93. The van der Waals surface area contributed by atoms with E-state index in [1.54, 1.807) is 20.0 Å². The predicted octanol–water partition coefficient (Wildman–Crippen LogP) is 0.537. The highest BCUT2D eigenvalue weighted by atomic mass is 32.2. The van der Waals surface area contributed by atoms with Gasteiger partial charge in [-0.05, 0) is 13.0 Å². The zero-order chi connectivity index (χ0) is 13.3. The fourth-order valence-corrected chi connectivity index (χ4v) is 2.54. The van der Waals surface area contributed by atoms with E-state index in [4.69, 9.17) is 4.42 Å². The first-order valence-corrected chi connectivity index (χ1v) is 6.71. The van der Waals surface area contributed by atoms with Crippen LogP contribution in [0.15, 0.2) is 28.0 Å². The van der Waals surface area contributed by atoms with E-state index in [9.17, 15) is 8.42 Å². The van der Waals surface area contributed by atoms with Crippen LogP contribution in [0.4, 0.5) is 0 Å². The molecule has 2 aromatic rings. The van der Waals surface area contributed by atoms with Crippen molar-refractivity contribution in [1.82, 2.24) is 19.3 Å². The number of aromatic nitrogens is 3. The lowest BCUT2D eigenvalue weighted by molar-refractivity contribution is 0.455. The first-order chi connectivity index (χ1) is 8.41. The van der Waals surface area contributed by atoms with Crippen LogP contribution in [0.5, 0.6) is 0 Å². The fourth-order valence-electron chi connectivity index (χ4n) is 1.51. The summed E-state index contributed by atoms with van der Waals surface area (Å²) in [6.45, 7) is 2.03. The topological polar surface area (TPSA) is 81.2 Å². The van der Waals surface area contributed by atoms with Crippen LogP contribution < -0.4 is 0 Å². The number of rotatable bonds is 4. The molecule has 0 unspecified atom stereocenters. The van der Waals surface area contributed by atoms with Gasteiger partial charge in [-0.1, -0.05) is 0 Å². The van der Waals surface area contributed by atoms with Crippen molar-refractivity contribution in [2.24, 2.45) is 7.05 Å². The van der Waals surface area contributed by atoms with E-state index in [1.165, 1.54) is 28.6 Å². The number of hydrogen-bond acceptors (Lipinski definition) is 5. The number of hydrogen-bond donors (Lipinski definition) is 0. The Bertz CT molecular complexity index is 644. The van der Waals surface area contributed by atoms with Gasteiger partial charge in [0.2, 0.25) is 5.03 Å². The molecule has 18 heavy (non-hydrogen) atoms. The van der Waals surface area contributed by atoms with Gasteiger partial charge in [0.25, 0.3) is 10.0 Å². The minimum Gasteiger partial charge on any atom is -0.469 e. The summed E-state index contributed by atoms with van der Waals surface area (Å²) in [6, 6.07) is 1.75. The summed E-state index contributed by atoms with van der Waals surface area (Å²) in [5.74, 6) is 0.705. The van der Waals surface area contributed by atoms with Gasteiger partial charge in [-0.3, -0.25) is 0 Å². The zero-order valence-electron chi connectivity index (χ0n) is 10.4. The lowest BCUT2D eigenvalue weighted by Crippen LogP contribution is -2.27. The Morgan fingerprint density at radius 1 is 1.50 bits per heavy atom. The third-order valence-electron chi connectivity index (χ3n) is 2.61. The molecule has 0 N–H and O–H groups in total. The predicted molar refractivity (Wildman–Crippen MR) is 63.1 cm³/mol. The molecule has 2 aromatic heterocycles. The summed E-state index contributed by atoms with van der Waals surface area (Å²) in [6.07, 6.45) is 2.77. The summed E-state index contributed by atoms with van der Waals surface area (Å²) in [7, 11) is -0.549. The number of furan rings is 1. The van der Waals surface area contributed by atoms with Crippen LogP contribution in [0.25, 0.3) is 0 Å². The molecule has 0 aliphatic carbocycles. The molecule has 2 rings (SSSR count). The Balaban J connectivity index is 2.23. The van der Waals surface area contributed by atoms with Gasteiger partial charge >= 0.3 is 0 Å². The van der Waals surface area contributed by atoms with Crippen molar-refractivity contribution in [1.29, 1.82) is 0 Å². The van der Waals surface area contributed by atoms with Gasteiger partial charge in [-0.15, -0.1) is 5.10 Å². The maximum atomic E-state index is 12.2. The molecule has 0 amide bonds. The van der Waals surface area contributed by atoms with Gasteiger partial charge in [-0.25, -0.2) is 8.42 Å². The molecule has 0 aromatic carbocycles. The molecule has 0 aliphatic rings. The normalized spacial score (nSPS) is 12.2. The van der Waals surface area contributed by atoms with Crippen molar-refractivity contribution < 1.29 is 12.8 Å². The first kappa shape index (κ1) is 12.8. The van der Waals surface area contributed by atoms with Crippen molar-refractivity contribution >= 4 is 10.0 Å². The molecule has 7 nitrogen and oxygen atoms in total. The van der Waals surface area contributed by atoms with E-state index < -0.39 is 10.0 Å². The zero-order valence-corrected chi connectivity index (χ0v) is 11.2. The Kier molecular flexibility index (Phi) is 3.22. The van der Waals surface area contributed by atoms with Gasteiger partial charge in [-0.2, -0.15) is 14.2 Å². The third kappa shape index (κ3) is 2.29. The number of aryl methyl sites for hydroxylation is 2. The highest BCUT2D eigenvalue weighted by Gasteiger charge is 2.24. The lowest BCUT2D eigenvalue weighted by atomic mass is 10.3. The monoisotopic (exact) mass is 270 g/mol. The fraction of sp³-hybridized carbons (Fsp3) is 0.400. The third-order valence-corrected chi connectivity index (χ3v) is 4.28. The minimum absolute atomic E-state index is 0.0614. The highest BCUT2D eigenvalue weighted by Crippen LogP contribution is 2.16. The van der Waals surface area contributed by atoms with Crippen LogP contribution in [0.3, 0.4) is 0 Å². The maximum Gasteiger partial charge on any atom is 0.264 e. The Morgan fingerprint density at radius 2 is 2.22 bits per heavy atom. The molecule has 8 heteroatoms. The van der Waals surface area contributed by atoms with Crippen LogP contribution in [0.2, 0.25) is 0 Å². The van der Waals surface area contributed by atoms with E-state index in [2.05, 4.69) is 10.2 Å². The smallest absolute Gasteiger partial charge is 0.264 e. The SMILES string of the molecule is Cc1occc1CN(C)S(=O)(=O)c1cnn(C)n1. The van der Waals surface area contributed by atoms with Crippen molar-refractivity contribution in [3.05, 3.63) is 29.9 Å². The van der Waals surface area contributed by atoms with Crippen molar-refractivity contribution in [2.45, 2.75) is 18.5 Å². The maximum absolute atomic E-state index is 12.2. The Morgan fingerprint density at radius 3 is 2.72 bits per heavy atom. The van der Waals surface area contributed by atoms with E-state index in [0.29, 0.717) is 5.76 Å². The summed E-state index contributed by atoms with van der Waals surface area (Å²) in [4.78, 5) is 1.21. The summed E-state index contributed by atoms with van der Waals surface area (Å²) in [5, 5.41) is 7.51. The molecule has 98 valence electrons. The molecule has 2 heterocycles. The molecular weight excluding hydrogens is 256 g/mol. The quantitative estimate of drug-likeness (QED) is 0.809. The minimum atomic E-state index is -3.61. The summed E-state index contributed by atoms with van der Waals surface area (Å²) >= 11 is 0. The van der Waals surface area contributed by atoms with Gasteiger partial charge in [0.15, 0.2) is 0 Å². The van der Waals surface area contributed by atoms with Gasteiger partial charge in [0, 0.05) is 26.2 Å². The van der Waals surface area contributed by atoms with Crippen LogP contribution in [0, 0.1) is 6.92 Å². The van der Waals surface area contributed by atoms with Gasteiger partial charge in [0.05, 0.1) is 12.5 Å². The second-order valence-electron chi connectivity index (χ2n) is 3.94. The molecule has 0 saturated carbocycles. The summed E-state index contributed by atoms with van der Waals surface area (Å²) in [5.41, 5.74) is 0.824. The molecular formula is C10H14N4O3S. The Hall–Kier alpha value is -1.67. The molecule has 0 aliphatic heterocycles. The highest BCUT2D eigenvalue weighted by molar-refractivity contribution is 7.89. The Labute approximate surface area is 105 Å². The van der Waals surface area contributed by atoms with E-state index >= 15 is 0 Å². The van der Waals surface area contributed by atoms with E-state index in [0.717, 1.165) is 5.56 Å². The summed E-state index contributed by atoms with van der Waals surface area (Å²) < 4.78 is 30.7. The molecule has 0 radical (unpaired) electrons. The number of nitrogens with zero attached hydrogens (tertiary/aromatic N) is 4. The number of sulfonamides is 1. The van der Waals surface area contributed by atoms with Crippen LogP contribution in [0.1, 0.15) is 11.3 Å². The molecule has 0 saturated heterocycles.